The van der Waals surface area contributed by atoms with Gasteiger partial charge in [-0.3, -0.25) is 9.59 Å². The molecule has 8 heteroatoms. The SMILES string of the molecule is COC(=O)c1ccc(=O)n(Cc2ccc(CNC(C)=O)c(F)c2F)c1. The van der Waals surface area contributed by atoms with Gasteiger partial charge < -0.3 is 14.6 Å². The molecule has 1 aromatic carbocycles. The monoisotopic (exact) mass is 350 g/mol. The van der Waals surface area contributed by atoms with E-state index in [4.69, 9.17) is 0 Å². The Bertz CT molecular complexity index is 877. The smallest absolute Gasteiger partial charge is 0.339 e. The second-order valence-electron chi connectivity index (χ2n) is 5.30. The molecule has 1 aromatic heterocycles. The van der Waals surface area contributed by atoms with Gasteiger partial charge in [-0.05, 0) is 6.07 Å². The number of ether oxygens (including phenoxy) is 1. The Morgan fingerprint density at radius 1 is 1.12 bits per heavy atom. The van der Waals surface area contributed by atoms with E-state index in [0.29, 0.717) is 0 Å². The van der Waals surface area contributed by atoms with E-state index in [-0.39, 0.29) is 35.7 Å². The Labute approximate surface area is 142 Å². The number of nitrogens with one attached hydrogen (secondary N) is 1. The predicted molar refractivity (Wildman–Crippen MR) is 85.0 cm³/mol. The molecule has 0 fully saturated rings. The van der Waals surface area contributed by atoms with Gasteiger partial charge in [-0.25, -0.2) is 13.6 Å². The summed E-state index contributed by atoms with van der Waals surface area (Å²) in [7, 11) is 1.20. The van der Waals surface area contributed by atoms with Crippen LogP contribution in [0.15, 0.2) is 35.3 Å². The number of carbonyl (C=O) groups excluding carboxylic acids is 2. The van der Waals surface area contributed by atoms with Crippen molar-refractivity contribution < 1.29 is 23.1 Å². The Balaban J connectivity index is 2.32. The lowest BCUT2D eigenvalue weighted by molar-refractivity contribution is -0.119. The van der Waals surface area contributed by atoms with Crippen molar-refractivity contribution in [3.05, 3.63) is 69.1 Å². The molecule has 6 nitrogen and oxygen atoms in total. The van der Waals surface area contributed by atoms with Crippen molar-refractivity contribution in [2.24, 2.45) is 0 Å². The third kappa shape index (κ3) is 4.28. The molecule has 0 unspecified atom stereocenters. The lowest BCUT2D eigenvalue weighted by Crippen LogP contribution is -2.22. The molecule has 0 saturated carbocycles. The van der Waals surface area contributed by atoms with Gasteiger partial charge >= 0.3 is 5.97 Å². The summed E-state index contributed by atoms with van der Waals surface area (Å²) in [5.74, 6) is -3.22. The number of esters is 1. The number of hydrogen-bond donors (Lipinski definition) is 1. The van der Waals surface area contributed by atoms with Crippen molar-refractivity contribution in [3.8, 4) is 0 Å². The molecule has 132 valence electrons. The number of methoxy groups -OCH3 is 1. The third-order valence-corrected chi connectivity index (χ3v) is 3.52. The van der Waals surface area contributed by atoms with Gasteiger partial charge in [-0.2, -0.15) is 0 Å². The highest BCUT2D eigenvalue weighted by molar-refractivity contribution is 5.88. The average molecular weight is 350 g/mol. The number of carbonyl (C=O) groups is 2. The first-order valence-electron chi connectivity index (χ1n) is 7.32. The van der Waals surface area contributed by atoms with Crippen molar-refractivity contribution in [1.29, 1.82) is 0 Å². The van der Waals surface area contributed by atoms with Crippen LogP contribution < -0.4 is 10.9 Å². The third-order valence-electron chi connectivity index (χ3n) is 3.52. The van der Waals surface area contributed by atoms with Crippen molar-refractivity contribution >= 4 is 11.9 Å². The zero-order valence-electron chi connectivity index (χ0n) is 13.6. The number of halogens is 2. The fourth-order valence-corrected chi connectivity index (χ4v) is 2.18. The van der Waals surface area contributed by atoms with E-state index in [1.165, 1.54) is 38.4 Å². The van der Waals surface area contributed by atoms with Crippen molar-refractivity contribution in [1.82, 2.24) is 9.88 Å². The molecule has 0 atom stereocenters. The maximum Gasteiger partial charge on any atom is 0.339 e. The first-order chi connectivity index (χ1) is 11.8. The summed E-state index contributed by atoms with van der Waals surface area (Å²) in [5.41, 5.74) is -0.430. The summed E-state index contributed by atoms with van der Waals surface area (Å²) in [5, 5.41) is 2.38. The zero-order valence-corrected chi connectivity index (χ0v) is 13.6. The van der Waals surface area contributed by atoms with Crippen LogP contribution in [0.2, 0.25) is 0 Å². The maximum absolute atomic E-state index is 14.2. The second-order valence-corrected chi connectivity index (χ2v) is 5.30. The topological polar surface area (TPSA) is 77.4 Å². The summed E-state index contributed by atoms with van der Waals surface area (Å²) in [6.45, 7) is 0.867. The van der Waals surface area contributed by atoms with Crippen LogP contribution in [-0.4, -0.2) is 23.6 Å². The van der Waals surface area contributed by atoms with Gasteiger partial charge in [-0.1, -0.05) is 12.1 Å². The second kappa shape index (κ2) is 7.69. The van der Waals surface area contributed by atoms with E-state index >= 15 is 0 Å². The van der Waals surface area contributed by atoms with Crippen LogP contribution in [0.3, 0.4) is 0 Å². The number of nitrogens with zero attached hydrogens (tertiary/aromatic N) is 1. The number of rotatable bonds is 5. The molecular formula is C17H16F2N2O4. The summed E-state index contributed by atoms with van der Waals surface area (Å²) in [6, 6.07) is 5.09. The van der Waals surface area contributed by atoms with E-state index in [2.05, 4.69) is 10.1 Å². The minimum absolute atomic E-state index is 0.00731. The minimum Gasteiger partial charge on any atom is -0.465 e. The van der Waals surface area contributed by atoms with Crippen LogP contribution in [0.4, 0.5) is 8.78 Å². The molecule has 1 amide bonds. The van der Waals surface area contributed by atoms with Crippen molar-refractivity contribution in [3.63, 3.8) is 0 Å². The molecule has 0 spiro atoms. The van der Waals surface area contributed by atoms with E-state index < -0.39 is 23.2 Å². The molecule has 0 aliphatic heterocycles. The van der Waals surface area contributed by atoms with Gasteiger partial charge in [0.15, 0.2) is 11.6 Å². The lowest BCUT2D eigenvalue weighted by Gasteiger charge is -2.11. The van der Waals surface area contributed by atoms with Crippen molar-refractivity contribution in [2.75, 3.05) is 7.11 Å². The molecular weight excluding hydrogens is 334 g/mol. The van der Waals surface area contributed by atoms with Crippen LogP contribution >= 0.6 is 0 Å². The molecule has 0 saturated heterocycles. The van der Waals surface area contributed by atoms with Crippen LogP contribution in [0.5, 0.6) is 0 Å². The van der Waals surface area contributed by atoms with Crippen LogP contribution in [-0.2, 0) is 22.6 Å². The summed E-state index contributed by atoms with van der Waals surface area (Å²) in [6.07, 6.45) is 1.22. The number of benzene rings is 1. The summed E-state index contributed by atoms with van der Waals surface area (Å²) < 4.78 is 34.0. The van der Waals surface area contributed by atoms with Gasteiger partial charge in [0.1, 0.15) is 0 Å². The summed E-state index contributed by atoms with van der Waals surface area (Å²) in [4.78, 5) is 34.3. The van der Waals surface area contributed by atoms with Crippen LogP contribution in [0.25, 0.3) is 0 Å². The van der Waals surface area contributed by atoms with Gasteiger partial charge in [0, 0.05) is 36.9 Å². The largest absolute Gasteiger partial charge is 0.465 e. The average Bonchev–Trinajstić information content (AvgIpc) is 2.59. The highest BCUT2D eigenvalue weighted by atomic mass is 19.2. The fraction of sp³-hybridized carbons (Fsp3) is 0.235. The Morgan fingerprint density at radius 3 is 2.40 bits per heavy atom. The molecule has 2 aromatic rings. The van der Waals surface area contributed by atoms with Crippen LogP contribution in [0.1, 0.15) is 28.4 Å². The predicted octanol–water partition coefficient (Wildman–Crippen LogP) is 1.60. The Kier molecular flexibility index (Phi) is 5.63. The molecule has 0 aliphatic carbocycles. The fourth-order valence-electron chi connectivity index (χ4n) is 2.18. The first kappa shape index (κ1) is 18.3. The molecule has 0 aliphatic rings. The standard InChI is InChI=1S/C17H16F2N2O4/c1-10(22)20-7-11-3-4-12(16(19)15(11)18)8-21-9-13(17(24)25-2)5-6-14(21)23/h3-6,9H,7-8H2,1-2H3,(H,20,22). The van der Waals surface area contributed by atoms with Crippen molar-refractivity contribution in [2.45, 2.75) is 20.0 Å². The Morgan fingerprint density at radius 2 is 1.76 bits per heavy atom. The van der Waals surface area contributed by atoms with E-state index in [1.807, 2.05) is 0 Å². The zero-order chi connectivity index (χ0) is 18.6. The molecule has 25 heavy (non-hydrogen) atoms. The van der Waals surface area contributed by atoms with Gasteiger partial charge in [0.25, 0.3) is 5.56 Å². The van der Waals surface area contributed by atoms with Crippen LogP contribution in [0, 0.1) is 11.6 Å². The quantitative estimate of drug-likeness (QED) is 0.831. The molecule has 0 bridgehead atoms. The number of amides is 1. The number of aromatic nitrogens is 1. The van der Waals surface area contributed by atoms with E-state index in [1.54, 1.807) is 0 Å². The molecule has 0 radical (unpaired) electrons. The van der Waals surface area contributed by atoms with Gasteiger partial charge in [0.2, 0.25) is 5.91 Å². The lowest BCUT2D eigenvalue weighted by atomic mass is 10.1. The summed E-state index contributed by atoms with van der Waals surface area (Å²) >= 11 is 0. The highest BCUT2D eigenvalue weighted by Crippen LogP contribution is 2.17. The molecule has 1 N–H and O–H groups in total. The first-order valence-corrected chi connectivity index (χ1v) is 7.32. The van der Waals surface area contributed by atoms with E-state index in [0.717, 1.165) is 10.6 Å². The maximum atomic E-state index is 14.2. The van der Waals surface area contributed by atoms with E-state index in [9.17, 15) is 23.2 Å². The molecule has 1 heterocycles. The van der Waals surface area contributed by atoms with Gasteiger partial charge in [0.05, 0.1) is 19.2 Å². The highest BCUT2D eigenvalue weighted by Gasteiger charge is 2.15. The van der Waals surface area contributed by atoms with Gasteiger partial charge in [-0.15, -0.1) is 0 Å². The minimum atomic E-state index is -1.11. The Hall–Kier alpha value is -3.03. The number of pyridine rings is 1. The number of hydrogen-bond acceptors (Lipinski definition) is 4. The normalized spacial score (nSPS) is 10.4. The molecule has 2 rings (SSSR count).